The fourth-order valence-corrected chi connectivity index (χ4v) is 4.00. The van der Waals surface area contributed by atoms with Crippen molar-refractivity contribution >= 4 is 5.96 Å². The summed E-state index contributed by atoms with van der Waals surface area (Å²) in [6.07, 6.45) is 9.22. The van der Waals surface area contributed by atoms with E-state index >= 15 is 0 Å². The molecule has 0 bridgehead atoms. The Labute approximate surface area is 184 Å². The minimum atomic E-state index is -0.418. The molecule has 2 aromatic rings. The lowest BCUT2D eigenvalue weighted by atomic mass is 9.83. The molecule has 1 aliphatic carbocycles. The molecule has 2 N–H and O–H groups in total. The van der Waals surface area contributed by atoms with E-state index in [1.807, 2.05) is 13.0 Å². The Morgan fingerprint density at radius 3 is 2.74 bits per heavy atom. The van der Waals surface area contributed by atoms with Gasteiger partial charge in [-0.15, -0.1) is 0 Å². The molecule has 0 saturated heterocycles. The van der Waals surface area contributed by atoms with Crippen molar-refractivity contribution in [2.75, 3.05) is 26.8 Å². The van der Waals surface area contributed by atoms with Crippen molar-refractivity contribution in [2.24, 2.45) is 10.4 Å². The summed E-state index contributed by atoms with van der Waals surface area (Å²) in [5.41, 5.74) is 1.05. The second-order valence-corrected chi connectivity index (χ2v) is 8.05. The summed E-state index contributed by atoms with van der Waals surface area (Å²) in [5.74, 6) is 1.01. The van der Waals surface area contributed by atoms with E-state index in [9.17, 15) is 4.39 Å². The summed E-state index contributed by atoms with van der Waals surface area (Å²) >= 11 is 0. The van der Waals surface area contributed by atoms with E-state index in [1.54, 1.807) is 37.7 Å². The van der Waals surface area contributed by atoms with Gasteiger partial charge in [0.15, 0.2) is 17.5 Å². The maximum absolute atomic E-state index is 14.5. The van der Waals surface area contributed by atoms with Crippen molar-refractivity contribution in [2.45, 2.75) is 45.6 Å². The summed E-state index contributed by atoms with van der Waals surface area (Å²) in [6, 6.07) is 8.42. The lowest BCUT2D eigenvalue weighted by Crippen LogP contribution is -2.43. The number of nitrogens with zero attached hydrogens (tertiary/aromatic N) is 2. The molecule has 0 radical (unpaired) electrons. The van der Waals surface area contributed by atoms with E-state index in [2.05, 4.69) is 20.6 Å². The average Bonchev–Trinajstić information content (AvgIpc) is 3.26. The van der Waals surface area contributed by atoms with E-state index < -0.39 is 5.82 Å². The number of hydrogen-bond donors (Lipinski definition) is 2. The average molecular weight is 429 g/mol. The summed E-state index contributed by atoms with van der Waals surface area (Å²) in [5, 5.41) is 6.79. The van der Waals surface area contributed by atoms with Gasteiger partial charge in [0.1, 0.15) is 5.75 Å². The van der Waals surface area contributed by atoms with Crippen LogP contribution in [0.4, 0.5) is 4.39 Å². The smallest absolute Gasteiger partial charge is 0.191 e. The molecule has 168 valence electrons. The molecule has 0 spiro atoms. The Bertz CT molecular complexity index is 839. The van der Waals surface area contributed by atoms with Crippen molar-refractivity contribution in [1.82, 2.24) is 15.6 Å². The first kappa shape index (κ1) is 23.0. The van der Waals surface area contributed by atoms with Crippen LogP contribution in [0.2, 0.25) is 0 Å². The van der Waals surface area contributed by atoms with Gasteiger partial charge in [-0.3, -0.25) is 4.98 Å². The Morgan fingerprint density at radius 1 is 1.23 bits per heavy atom. The number of pyridine rings is 1. The molecule has 1 aromatic carbocycles. The number of nitrogens with one attached hydrogen (secondary N) is 2. The van der Waals surface area contributed by atoms with Crippen LogP contribution in [0.15, 0.2) is 47.7 Å². The first-order chi connectivity index (χ1) is 15.1. The molecule has 1 aliphatic rings. The van der Waals surface area contributed by atoms with Gasteiger partial charge < -0.3 is 20.1 Å². The van der Waals surface area contributed by atoms with Crippen LogP contribution in [0.3, 0.4) is 0 Å². The van der Waals surface area contributed by atoms with Crippen LogP contribution in [0, 0.1) is 11.2 Å². The van der Waals surface area contributed by atoms with E-state index in [0.717, 1.165) is 37.6 Å². The van der Waals surface area contributed by atoms with Gasteiger partial charge in [0.25, 0.3) is 0 Å². The zero-order chi connectivity index (χ0) is 21.9. The Kier molecular flexibility index (Phi) is 8.64. The third-order valence-corrected chi connectivity index (χ3v) is 5.75. The maximum atomic E-state index is 14.5. The molecular weight excluding hydrogens is 395 g/mol. The van der Waals surface area contributed by atoms with Gasteiger partial charge in [-0.25, -0.2) is 9.38 Å². The number of aromatic nitrogens is 1. The number of benzene rings is 1. The topological polar surface area (TPSA) is 67.8 Å². The molecular formula is C24H33FN4O2. The molecule has 0 unspecified atom stereocenters. The fourth-order valence-electron chi connectivity index (χ4n) is 4.00. The molecule has 0 aliphatic heterocycles. The lowest BCUT2D eigenvalue weighted by Gasteiger charge is -2.30. The number of guanidine groups is 1. The molecule has 31 heavy (non-hydrogen) atoms. The molecule has 0 atom stereocenters. The van der Waals surface area contributed by atoms with Gasteiger partial charge in [0.05, 0.1) is 12.7 Å². The third kappa shape index (κ3) is 6.92. The Morgan fingerprint density at radius 2 is 2.06 bits per heavy atom. The predicted molar refractivity (Wildman–Crippen MR) is 121 cm³/mol. The van der Waals surface area contributed by atoms with Crippen LogP contribution in [0.5, 0.6) is 11.5 Å². The van der Waals surface area contributed by atoms with Gasteiger partial charge in [-0.05, 0) is 61.4 Å². The number of methoxy groups -OCH3 is 1. The molecule has 1 aromatic heterocycles. The highest BCUT2D eigenvalue weighted by atomic mass is 19.1. The van der Waals surface area contributed by atoms with Crippen molar-refractivity contribution in [3.63, 3.8) is 0 Å². The van der Waals surface area contributed by atoms with E-state index in [1.165, 1.54) is 31.7 Å². The van der Waals surface area contributed by atoms with E-state index in [-0.39, 0.29) is 11.2 Å². The van der Waals surface area contributed by atoms with Gasteiger partial charge in [0, 0.05) is 33.0 Å². The maximum Gasteiger partial charge on any atom is 0.191 e. The monoisotopic (exact) mass is 428 g/mol. The molecule has 6 nitrogen and oxygen atoms in total. The number of hydrogen-bond acceptors (Lipinski definition) is 4. The van der Waals surface area contributed by atoms with Crippen molar-refractivity contribution in [3.05, 3.63) is 54.1 Å². The van der Waals surface area contributed by atoms with Crippen LogP contribution in [-0.4, -0.2) is 37.7 Å². The summed E-state index contributed by atoms with van der Waals surface area (Å²) in [7, 11) is 1.76. The summed E-state index contributed by atoms with van der Waals surface area (Å²) in [4.78, 5) is 8.63. The number of ether oxygens (including phenoxy) is 2. The molecule has 3 rings (SSSR count). The standard InChI is InChI=1S/C24H33FN4O2/c1-3-27-23(29-18-24(12-14-30-2)10-4-5-11-24)28-16-19-8-9-22(21(25)15-19)31-20-7-6-13-26-17-20/h6-9,13,15,17H,3-5,10-12,14,16,18H2,1-2H3,(H2,27,28,29). The minimum Gasteiger partial charge on any atom is -0.453 e. The van der Waals surface area contributed by atoms with Gasteiger partial charge >= 0.3 is 0 Å². The van der Waals surface area contributed by atoms with Crippen molar-refractivity contribution in [3.8, 4) is 11.5 Å². The fraction of sp³-hybridized carbons (Fsp3) is 0.500. The molecule has 1 saturated carbocycles. The summed E-state index contributed by atoms with van der Waals surface area (Å²) in [6.45, 7) is 4.84. The molecule has 1 heterocycles. The lowest BCUT2D eigenvalue weighted by molar-refractivity contribution is 0.138. The van der Waals surface area contributed by atoms with Crippen LogP contribution in [-0.2, 0) is 11.3 Å². The first-order valence-electron chi connectivity index (χ1n) is 11.0. The third-order valence-electron chi connectivity index (χ3n) is 5.75. The van der Waals surface area contributed by atoms with Gasteiger partial charge in [-0.2, -0.15) is 0 Å². The number of aliphatic imine (C=N–C) groups is 1. The van der Waals surface area contributed by atoms with E-state index in [4.69, 9.17) is 9.47 Å². The SMILES string of the molecule is CCNC(=NCc1ccc(Oc2cccnc2)c(F)c1)NCC1(CCOC)CCCC1. The van der Waals surface area contributed by atoms with Gasteiger partial charge in [-0.1, -0.05) is 18.9 Å². The van der Waals surface area contributed by atoms with Crippen LogP contribution < -0.4 is 15.4 Å². The molecule has 7 heteroatoms. The van der Waals surface area contributed by atoms with Crippen LogP contribution in [0.25, 0.3) is 0 Å². The second kappa shape index (κ2) is 11.6. The van der Waals surface area contributed by atoms with E-state index in [0.29, 0.717) is 12.3 Å². The highest BCUT2D eigenvalue weighted by Gasteiger charge is 2.33. The highest BCUT2D eigenvalue weighted by molar-refractivity contribution is 5.79. The summed E-state index contributed by atoms with van der Waals surface area (Å²) < 4.78 is 25.4. The van der Waals surface area contributed by atoms with Crippen molar-refractivity contribution in [1.29, 1.82) is 0 Å². The zero-order valence-electron chi connectivity index (χ0n) is 18.5. The minimum absolute atomic E-state index is 0.173. The zero-order valence-corrected chi connectivity index (χ0v) is 18.5. The highest BCUT2D eigenvalue weighted by Crippen LogP contribution is 2.40. The van der Waals surface area contributed by atoms with Crippen LogP contribution >= 0.6 is 0 Å². The predicted octanol–water partition coefficient (Wildman–Crippen LogP) is 4.67. The molecule has 1 fully saturated rings. The Balaban J connectivity index is 1.61. The number of halogens is 1. The molecule has 0 amide bonds. The largest absolute Gasteiger partial charge is 0.453 e. The van der Waals surface area contributed by atoms with Gasteiger partial charge in [0.2, 0.25) is 0 Å². The van der Waals surface area contributed by atoms with Crippen molar-refractivity contribution < 1.29 is 13.9 Å². The second-order valence-electron chi connectivity index (χ2n) is 8.05. The normalized spacial score (nSPS) is 15.6. The Hall–Kier alpha value is -2.67. The first-order valence-corrected chi connectivity index (χ1v) is 11.0. The van der Waals surface area contributed by atoms with Crippen LogP contribution in [0.1, 0.15) is 44.6 Å². The number of rotatable bonds is 10. The quantitative estimate of drug-likeness (QED) is 0.425.